The molecule has 0 aliphatic rings. The Kier molecular flexibility index (Phi) is 7.70. The van der Waals surface area contributed by atoms with Gasteiger partial charge in [-0.2, -0.15) is 0 Å². The molecule has 0 saturated carbocycles. The summed E-state index contributed by atoms with van der Waals surface area (Å²) in [5.41, 5.74) is 2.03. The molecule has 0 heterocycles. The minimum Gasteiger partial charge on any atom is -0.482 e. The van der Waals surface area contributed by atoms with Gasteiger partial charge >= 0.3 is 0 Å². The zero-order valence-corrected chi connectivity index (χ0v) is 17.4. The third-order valence-electron chi connectivity index (χ3n) is 4.28. The molecule has 0 saturated heterocycles. The number of nitrogens with one attached hydrogen (secondary N) is 1. The maximum atomic E-state index is 12.5. The molecule has 0 aromatic heterocycles. The summed E-state index contributed by atoms with van der Waals surface area (Å²) in [5, 5.41) is 3.15. The largest absolute Gasteiger partial charge is 0.482 e. The van der Waals surface area contributed by atoms with Gasteiger partial charge in [0, 0.05) is 44.1 Å². The Morgan fingerprint density at radius 1 is 1.07 bits per heavy atom. The summed E-state index contributed by atoms with van der Waals surface area (Å²) in [5.74, 6) is 0.0687. The lowest BCUT2D eigenvalue weighted by Gasteiger charge is -2.19. The Balaban J connectivity index is 2.03. The maximum absolute atomic E-state index is 12.5. The lowest BCUT2D eigenvalue weighted by molar-refractivity contribution is -0.132. The quantitative estimate of drug-likeness (QED) is 0.726. The zero-order valence-electron chi connectivity index (χ0n) is 16.7. The standard InChI is InChI=1S/C21H26ClN3O3/c1-5-25(6-2)20(26)14-28-19-11-10-16(13-18(19)22)23-21(27)15-8-7-9-17(12-15)24(3)4/h7-13H,5-6,14H2,1-4H3,(H,23,27). The van der Waals surface area contributed by atoms with E-state index in [-0.39, 0.29) is 18.4 Å². The van der Waals surface area contributed by atoms with E-state index in [0.717, 1.165) is 5.69 Å². The van der Waals surface area contributed by atoms with Crippen molar-refractivity contribution in [2.75, 3.05) is 44.0 Å². The Hall–Kier alpha value is -2.73. The van der Waals surface area contributed by atoms with Crippen molar-refractivity contribution in [3.05, 3.63) is 53.1 Å². The Labute approximate surface area is 171 Å². The van der Waals surface area contributed by atoms with Gasteiger partial charge in [0.1, 0.15) is 5.75 Å². The van der Waals surface area contributed by atoms with Gasteiger partial charge in [-0.25, -0.2) is 0 Å². The van der Waals surface area contributed by atoms with Gasteiger partial charge in [0.2, 0.25) is 0 Å². The van der Waals surface area contributed by atoms with Gasteiger partial charge in [0.15, 0.2) is 6.61 Å². The fraction of sp³-hybridized carbons (Fsp3) is 0.333. The number of hydrogen-bond acceptors (Lipinski definition) is 4. The Bertz CT molecular complexity index is 835. The molecule has 0 unspecified atom stereocenters. The lowest BCUT2D eigenvalue weighted by atomic mass is 10.1. The maximum Gasteiger partial charge on any atom is 0.260 e. The van der Waals surface area contributed by atoms with Crippen LogP contribution in [0.5, 0.6) is 5.75 Å². The van der Waals surface area contributed by atoms with Crippen molar-refractivity contribution >= 4 is 34.8 Å². The first kappa shape index (κ1) is 21.6. The summed E-state index contributed by atoms with van der Waals surface area (Å²) in [4.78, 5) is 28.1. The minimum absolute atomic E-state index is 0.0789. The third-order valence-corrected chi connectivity index (χ3v) is 4.58. The number of halogens is 1. The highest BCUT2D eigenvalue weighted by Crippen LogP contribution is 2.28. The van der Waals surface area contributed by atoms with E-state index in [9.17, 15) is 9.59 Å². The molecule has 0 radical (unpaired) electrons. The van der Waals surface area contributed by atoms with E-state index in [1.807, 2.05) is 51.0 Å². The van der Waals surface area contributed by atoms with Crippen molar-refractivity contribution in [3.8, 4) is 5.75 Å². The first-order chi connectivity index (χ1) is 13.3. The molecule has 1 N–H and O–H groups in total. The number of nitrogens with zero attached hydrogens (tertiary/aromatic N) is 2. The summed E-state index contributed by atoms with van der Waals surface area (Å²) in [6, 6.07) is 12.3. The minimum atomic E-state index is -0.231. The molecule has 0 aliphatic heterocycles. The summed E-state index contributed by atoms with van der Waals surface area (Å²) >= 11 is 6.25. The summed E-state index contributed by atoms with van der Waals surface area (Å²) in [6.07, 6.45) is 0. The highest BCUT2D eigenvalue weighted by molar-refractivity contribution is 6.32. The van der Waals surface area contributed by atoms with E-state index in [0.29, 0.717) is 35.1 Å². The molecular formula is C21H26ClN3O3. The predicted molar refractivity (Wildman–Crippen MR) is 114 cm³/mol. The highest BCUT2D eigenvalue weighted by atomic mass is 35.5. The average Bonchev–Trinajstić information content (AvgIpc) is 2.68. The van der Waals surface area contributed by atoms with Crippen molar-refractivity contribution in [2.45, 2.75) is 13.8 Å². The molecule has 0 spiro atoms. The van der Waals surface area contributed by atoms with Crippen LogP contribution in [0.15, 0.2) is 42.5 Å². The summed E-state index contributed by atoms with van der Waals surface area (Å²) in [7, 11) is 3.83. The second-order valence-electron chi connectivity index (χ2n) is 6.40. The molecule has 150 valence electrons. The van der Waals surface area contributed by atoms with Crippen molar-refractivity contribution in [3.63, 3.8) is 0 Å². The van der Waals surface area contributed by atoms with Gasteiger partial charge in [-0.3, -0.25) is 9.59 Å². The van der Waals surface area contributed by atoms with E-state index in [1.54, 1.807) is 29.2 Å². The molecule has 0 atom stereocenters. The smallest absolute Gasteiger partial charge is 0.260 e. The summed E-state index contributed by atoms with van der Waals surface area (Å²) in [6.45, 7) is 5.02. The monoisotopic (exact) mass is 403 g/mol. The Morgan fingerprint density at radius 3 is 2.39 bits per heavy atom. The average molecular weight is 404 g/mol. The van der Waals surface area contributed by atoms with Crippen LogP contribution in [-0.4, -0.2) is 50.5 Å². The van der Waals surface area contributed by atoms with E-state index in [1.165, 1.54) is 0 Å². The first-order valence-electron chi connectivity index (χ1n) is 9.14. The molecule has 2 amide bonds. The van der Waals surface area contributed by atoms with E-state index < -0.39 is 0 Å². The van der Waals surface area contributed by atoms with Crippen LogP contribution >= 0.6 is 11.6 Å². The fourth-order valence-corrected chi connectivity index (χ4v) is 2.87. The molecule has 0 bridgehead atoms. The normalized spacial score (nSPS) is 10.3. The molecule has 0 aliphatic carbocycles. The first-order valence-corrected chi connectivity index (χ1v) is 9.52. The van der Waals surface area contributed by atoms with Crippen LogP contribution in [0.1, 0.15) is 24.2 Å². The number of carbonyl (C=O) groups excluding carboxylic acids is 2. The number of likely N-dealkylation sites (N-methyl/N-ethyl adjacent to an activating group) is 1. The number of anilines is 2. The SMILES string of the molecule is CCN(CC)C(=O)COc1ccc(NC(=O)c2cccc(N(C)C)c2)cc1Cl. The number of hydrogen-bond donors (Lipinski definition) is 1. The third kappa shape index (κ3) is 5.63. The van der Waals surface area contributed by atoms with Gasteiger partial charge in [-0.05, 0) is 50.2 Å². The molecule has 2 aromatic carbocycles. The Morgan fingerprint density at radius 2 is 1.79 bits per heavy atom. The molecule has 0 fully saturated rings. The van der Waals surface area contributed by atoms with E-state index >= 15 is 0 Å². The number of benzene rings is 2. The van der Waals surface area contributed by atoms with E-state index in [2.05, 4.69) is 5.32 Å². The fourth-order valence-electron chi connectivity index (χ4n) is 2.63. The van der Waals surface area contributed by atoms with Gasteiger partial charge < -0.3 is 19.9 Å². The van der Waals surface area contributed by atoms with Gasteiger partial charge in [-0.15, -0.1) is 0 Å². The van der Waals surface area contributed by atoms with E-state index in [4.69, 9.17) is 16.3 Å². The zero-order chi connectivity index (χ0) is 20.7. The molecule has 28 heavy (non-hydrogen) atoms. The number of ether oxygens (including phenoxy) is 1. The van der Waals surface area contributed by atoms with Gasteiger partial charge in [-0.1, -0.05) is 17.7 Å². The predicted octanol–water partition coefficient (Wildman–Crippen LogP) is 3.91. The topological polar surface area (TPSA) is 61.9 Å². The highest BCUT2D eigenvalue weighted by Gasteiger charge is 2.13. The van der Waals surface area contributed by atoms with Crippen LogP contribution in [0.3, 0.4) is 0 Å². The molecule has 2 aromatic rings. The van der Waals surface area contributed by atoms with Crippen LogP contribution in [0.2, 0.25) is 5.02 Å². The molecule has 6 nitrogen and oxygen atoms in total. The summed E-state index contributed by atoms with van der Waals surface area (Å²) < 4.78 is 5.53. The van der Waals surface area contributed by atoms with Crippen molar-refractivity contribution < 1.29 is 14.3 Å². The van der Waals surface area contributed by atoms with Crippen molar-refractivity contribution in [1.29, 1.82) is 0 Å². The van der Waals surface area contributed by atoms with Crippen LogP contribution in [0.25, 0.3) is 0 Å². The van der Waals surface area contributed by atoms with Gasteiger partial charge in [0.25, 0.3) is 11.8 Å². The number of carbonyl (C=O) groups is 2. The number of rotatable bonds is 8. The molecule has 7 heteroatoms. The molecule has 2 rings (SSSR count). The second-order valence-corrected chi connectivity index (χ2v) is 6.81. The van der Waals surface area contributed by atoms with Crippen molar-refractivity contribution in [1.82, 2.24) is 4.90 Å². The van der Waals surface area contributed by atoms with Crippen LogP contribution in [0.4, 0.5) is 11.4 Å². The number of amides is 2. The van der Waals surface area contributed by atoms with Gasteiger partial charge in [0.05, 0.1) is 5.02 Å². The van der Waals surface area contributed by atoms with Crippen molar-refractivity contribution in [2.24, 2.45) is 0 Å². The lowest BCUT2D eigenvalue weighted by Crippen LogP contribution is -2.34. The van der Waals surface area contributed by atoms with Crippen LogP contribution < -0.4 is 15.0 Å². The second kappa shape index (κ2) is 9.99. The van der Waals surface area contributed by atoms with Crippen LogP contribution in [-0.2, 0) is 4.79 Å². The molecular weight excluding hydrogens is 378 g/mol. The van der Waals surface area contributed by atoms with Crippen LogP contribution in [0, 0.1) is 0 Å².